The van der Waals surface area contributed by atoms with Crippen molar-refractivity contribution in [1.29, 1.82) is 0 Å². The Balaban J connectivity index is 1.76. The molecule has 0 radical (unpaired) electrons. The number of carbonyl (C=O) groups is 1. The Hall–Kier alpha value is -1.78. The normalized spacial score (nSPS) is 16.0. The predicted molar refractivity (Wildman–Crippen MR) is 84.9 cm³/mol. The fraction of sp³-hybridized carbons (Fsp3) is 0.647. The van der Waals surface area contributed by atoms with Crippen LogP contribution in [0.2, 0.25) is 0 Å². The van der Waals surface area contributed by atoms with Crippen LogP contribution < -0.4 is 4.74 Å². The SMILES string of the molecule is CN(C(=O)OC(C)(C)C)C1(CCCOc2cccnc2)CC1. The number of pyridine rings is 1. The van der Waals surface area contributed by atoms with Crippen LogP contribution in [0.15, 0.2) is 24.5 Å². The number of amides is 1. The maximum Gasteiger partial charge on any atom is 0.410 e. The number of rotatable bonds is 6. The quantitative estimate of drug-likeness (QED) is 0.753. The van der Waals surface area contributed by atoms with Gasteiger partial charge in [0.05, 0.1) is 12.8 Å². The van der Waals surface area contributed by atoms with E-state index < -0.39 is 5.60 Å². The first-order valence-corrected chi connectivity index (χ1v) is 7.82. The molecule has 0 unspecified atom stereocenters. The van der Waals surface area contributed by atoms with Crippen molar-refractivity contribution in [2.24, 2.45) is 0 Å². The largest absolute Gasteiger partial charge is 0.492 e. The summed E-state index contributed by atoms with van der Waals surface area (Å²) in [6.45, 7) is 6.30. The van der Waals surface area contributed by atoms with Gasteiger partial charge in [-0.2, -0.15) is 0 Å². The number of ether oxygens (including phenoxy) is 2. The maximum absolute atomic E-state index is 12.2. The van der Waals surface area contributed by atoms with Gasteiger partial charge in [-0.15, -0.1) is 0 Å². The molecule has 0 N–H and O–H groups in total. The second-order valence-corrected chi connectivity index (χ2v) is 6.90. The molecule has 5 nitrogen and oxygen atoms in total. The highest BCUT2D eigenvalue weighted by Crippen LogP contribution is 2.45. The van der Waals surface area contributed by atoms with Gasteiger partial charge in [0.25, 0.3) is 0 Å². The lowest BCUT2D eigenvalue weighted by Gasteiger charge is -2.31. The molecule has 0 saturated heterocycles. The monoisotopic (exact) mass is 306 g/mol. The van der Waals surface area contributed by atoms with Crippen molar-refractivity contribution in [2.75, 3.05) is 13.7 Å². The first-order chi connectivity index (χ1) is 10.3. The Bertz CT molecular complexity index is 492. The van der Waals surface area contributed by atoms with Gasteiger partial charge in [0.1, 0.15) is 11.4 Å². The number of nitrogens with zero attached hydrogens (tertiary/aromatic N) is 2. The second-order valence-electron chi connectivity index (χ2n) is 6.90. The molecule has 1 aliphatic carbocycles. The molecule has 0 aromatic carbocycles. The van der Waals surface area contributed by atoms with E-state index in [1.54, 1.807) is 17.3 Å². The van der Waals surface area contributed by atoms with Crippen LogP contribution in [0.3, 0.4) is 0 Å². The van der Waals surface area contributed by atoms with Crippen molar-refractivity contribution in [3.63, 3.8) is 0 Å². The standard InChI is InChI=1S/C17H26N2O3/c1-16(2,3)22-15(20)19(4)17(9-10-17)8-6-12-21-14-7-5-11-18-13-14/h5,7,11,13H,6,8-10,12H2,1-4H3. The zero-order chi connectivity index (χ0) is 16.2. The summed E-state index contributed by atoms with van der Waals surface area (Å²) in [4.78, 5) is 17.9. The van der Waals surface area contributed by atoms with Crippen molar-refractivity contribution in [3.05, 3.63) is 24.5 Å². The summed E-state index contributed by atoms with van der Waals surface area (Å²) >= 11 is 0. The number of carbonyl (C=O) groups excluding carboxylic acids is 1. The molecule has 0 spiro atoms. The Morgan fingerprint density at radius 3 is 2.68 bits per heavy atom. The van der Waals surface area contributed by atoms with Crippen molar-refractivity contribution < 1.29 is 14.3 Å². The highest BCUT2D eigenvalue weighted by Gasteiger charge is 2.48. The molecular weight excluding hydrogens is 280 g/mol. The third-order valence-corrected chi connectivity index (χ3v) is 3.90. The highest BCUT2D eigenvalue weighted by atomic mass is 16.6. The average Bonchev–Trinajstić information content (AvgIpc) is 3.23. The summed E-state index contributed by atoms with van der Waals surface area (Å²) in [7, 11) is 1.84. The molecule has 1 fully saturated rings. The van der Waals surface area contributed by atoms with Gasteiger partial charge in [-0.05, 0) is 58.6 Å². The summed E-state index contributed by atoms with van der Waals surface area (Å²) in [5.41, 5.74) is -0.495. The van der Waals surface area contributed by atoms with Crippen LogP contribution in [0.5, 0.6) is 5.75 Å². The highest BCUT2D eigenvalue weighted by molar-refractivity contribution is 5.69. The molecule has 0 aliphatic heterocycles. The summed E-state index contributed by atoms with van der Waals surface area (Å²) in [5.74, 6) is 0.785. The molecule has 1 saturated carbocycles. The minimum Gasteiger partial charge on any atom is -0.492 e. The van der Waals surface area contributed by atoms with Crippen LogP contribution in [0, 0.1) is 0 Å². The van der Waals surface area contributed by atoms with Crippen molar-refractivity contribution in [1.82, 2.24) is 9.88 Å². The molecule has 1 amide bonds. The fourth-order valence-electron chi connectivity index (χ4n) is 2.45. The molecule has 0 atom stereocenters. The lowest BCUT2D eigenvalue weighted by Crippen LogP contribution is -2.42. The van der Waals surface area contributed by atoms with Gasteiger partial charge in [-0.1, -0.05) is 0 Å². The minimum absolute atomic E-state index is 0.0410. The zero-order valence-electron chi connectivity index (χ0n) is 14.0. The zero-order valence-corrected chi connectivity index (χ0v) is 14.0. The van der Waals surface area contributed by atoms with Gasteiger partial charge in [0.2, 0.25) is 0 Å². The van der Waals surface area contributed by atoms with E-state index >= 15 is 0 Å². The van der Waals surface area contributed by atoms with Gasteiger partial charge in [0, 0.05) is 18.8 Å². The fourth-order valence-corrected chi connectivity index (χ4v) is 2.45. The molecule has 1 aromatic heterocycles. The van der Waals surface area contributed by atoms with Crippen LogP contribution in [-0.4, -0.2) is 40.8 Å². The summed E-state index contributed by atoms with van der Waals surface area (Å²) in [6, 6.07) is 3.75. The van der Waals surface area contributed by atoms with E-state index in [9.17, 15) is 4.79 Å². The maximum atomic E-state index is 12.2. The van der Waals surface area contributed by atoms with Gasteiger partial charge >= 0.3 is 6.09 Å². The average molecular weight is 306 g/mol. The molecule has 1 aliphatic rings. The van der Waals surface area contributed by atoms with E-state index in [1.165, 1.54) is 0 Å². The molecular formula is C17H26N2O3. The molecule has 5 heteroatoms. The van der Waals surface area contributed by atoms with E-state index in [1.807, 2.05) is 40.0 Å². The van der Waals surface area contributed by atoms with Crippen molar-refractivity contribution >= 4 is 6.09 Å². The van der Waals surface area contributed by atoms with E-state index in [2.05, 4.69) is 4.98 Å². The van der Waals surface area contributed by atoms with Gasteiger partial charge in [0.15, 0.2) is 0 Å². The minimum atomic E-state index is -0.454. The second kappa shape index (κ2) is 6.55. The van der Waals surface area contributed by atoms with E-state index in [4.69, 9.17) is 9.47 Å². The Morgan fingerprint density at radius 1 is 1.41 bits per heavy atom. The number of aromatic nitrogens is 1. The van der Waals surface area contributed by atoms with E-state index in [0.29, 0.717) is 6.61 Å². The van der Waals surface area contributed by atoms with Crippen LogP contribution in [0.1, 0.15) is 46.5 Å². The summed E-state index contributed by atoms with van der Waals surface area (Å²) in [5, 5.41) is 0. The van der Waals surface area contributed by atoms with Gasteiger partial charge in [-0.25, -0.2) is 4.79 Å². The van der Waals surface area contributed by atoms with Gasteiger partial charge < -0.3 is 14.4 Å². The van der Waals surface area contributed by atoms with Crippen LogP contribution in [0.4, 0.5) is 4.79 Å². The van der Waals surface area contributed by atoms with Crippen molar-refractivity contribution in [3.8, 4) is 5.75 Å². The lowest BCUT2D eigenvalue weighted by atomic mass is 10.1. The Labute approximate surface area is 132 Å². The third kappa shape index (κ3) is 4.61. The number of hydrogen-bond acceptors (Lipinski definition) is 4. The van der Waals surface area contributed by atoms with Crippen molar-refractivity contribution in [2.45, 2.75) is 57.6 Å². The molecule has 0 bridgehead atoms. The first-order valence-electron chi connectivity index (χ1n) is 7.82. The first kappa shape index (κ1) is 16.6. The van der Waals surface area contributed by atoms with Gasteiger partial charge in [-0.3, -0.25) is 4.98 Å². The third-order valence-electron chi connectivity index (χ3n) is 3.90. The predicted octanol–water partition coefficient (Wildman–Crippen LogP) is 3.64. The summed E-state index contributed by atoms with van der Waals surface area (Å²) < 4.78 is 11.1. The lowest BCUT2D eigenvalue weighted by molar-refractivity contribution is 0.0180. The molecule has 22 heavy (non-hydrogen) atoms. The van der Waals surface area contributed by atoms with Crippen LogP contribution in [-0.2, 0) is 4.74 Å². The van der Waals surface area contributed by atoms with E-state index in [0.717, 1.165) is 31.4 Å². The topological polar surface area (TPSA) is 51.7 Å². The molecule has 2 rings (SSSR count). The molecule has 1 heterocycles. The Kier molecular flexibility index (Phi) is 4.94. The Morgan fingerprint density at radius 2 is 2.14 bits per heavy atom. The number of hydrogen-bond donors (Lipinski definition) is 0. The molecule has 1 aromatic rings. The van der Waals surface area contributed by atoms with Crippen LogP contribution in [0.25, 0.3) is 0 Å². The smallest absolute Gasteiger partial charge is 0.410 e. The van der Waals surface area contributed by atoms with E-state index in [-0.39, 0.29) is 11.6 Å². The molecule has 122 valence electrons. The van der Waals surface area contributed by atoms with Crippen LogP contribution >= 0.6 is 0 Å². The summed E-state index contributed by atoms with van der Waals surface area (Å²) in [6.07, 6.45) is 7.11.